The van der Waals surface area contributed by atoms with E-state index in [1.807, 2.05) is 11.4 Å². The van der Waals surface area contributed by atoms with E-state index in [1.165, 1.54) is 11.3 Å². The molecule has 2 aromatic heterocycles. The second kappa shape index (κ2) is 4.86. The lowest BCUT2D eigenvalue weighted by molar-refractivity contribution is 0.0960. The number of carbonyl (C=O) groups excluding carboxylic acids is 1. The number of hydrogen-bond acceptors (Lipinski definition) is 4. The average Bonchev–Trinajstić information content (AvgIpc) is 2.78. The molecule has 0 saturated heterocycles. The van der Waals surface area contributed by atoms with Gasteiger partial charge in [-0.3, -0.25) is 4.79 Å². The molecular weight excluding hydrogens is 314 g/mol. The van der Waals surface area contributed by atoms with Gasteiger partial charge in [-0.2, -0.15) is 12.6 Å². The van der Waals surface area contributed by atoms with Gasteiger partial charge in [0.25, 0.3) is 5.91 Å². The molecule has 0 bridgehead atoms. The maximum Gasteiger partial charge on any atom is 0.261 e. The van der Waals surface area contributed by atoms with Crippen LogP contribution in [0.3, 0.4) is 0 Å². The van der Waals surface area contributed by atoms with Gasteiger partial charge < -0.3 is 5.32 Å². The van der Waals surface area contributed by atoms with Crippen molar-refractivity contribution in [1.29, 1.82) is 0 Å². The Kier molecular flexibility index (Phi) is 3.71. The van der Waals surface area contributed by atoms with Gasteiger partial charge in [0.15, 0.2) is 0 Å². The zero-order valence-corrected chi connectivity index (χ0v) is 11.7. The largest absolute Gasteiger partial charge is 0.351 e. The molecule has 80 valence electrons. The Balaban J connectivity index is 2.24. The fraction of sp³-hybridized carbons (Fsp3) is 0.222. The summed E-state index contributed by atoms with van der Waals surface area (Å²) in [6, 6.07) is 1.93. The van der Waals surface area contributed by atoms with Gasteiger partial charge in [-0.25, -0.2) is 0 Å². The van der Waals surface area contributed by atoms with E-state index in [-0.39, 0.29) is 5.91 Å². The third-order valence-corrected chi connectivity index (χ3v) is 5.47. The van der Waals surface area contributed by atoms with E-state index in [2.05, 4.69) is 33.9 Å². The first kappa shape index (κ1) is 11.4. The molecule has 0 saturated carbocycles. The third-order valence-electron chi connectivity index (χ3n) is 1.83. The number of fused-ring (bicyclic) bond motifs is 1. The molecular formula is C9H8BrNOS3. The minimum atomic E-state index is -0.00986. The smallest absolute Gasteiger partial charge is 0.261 e. The normalized spacial score (nSPS) is 10.8. The summed E-state index contributed by atoms with van der Waals surface area (Å²) >= 11 is 10.7. The zero-order chi connectivity index (χ0) is 10.8. The summed E-state index contributed by atoms with van der Waals surface area (Å²) in [5.41, 5.74) is 0. The van der Waals surface area contributed by atoms with Crippen LogP contribution in [0.15, 0.2) is 15.9 Å². The molecule has 0 spiro atoms. The number of thiophene rings is 2. The van der Waals surface area contributed by atoms with Crippen LogP contribution >= 0.6 is 51.2 Å². The molecule has 15 heavy (non-hydrogen) atoms. The molecule has 0 fully saturated rings. The molecule has 0 atom stereocenters. The van der Waals surface area contributed by atoms with E-state index in [0.29, 0.717) is 12.3 Å². The Hall–Kier alpha value is -0.0400. The van der Waals surface area contributed by atoms with E-state index >= 15 is 0 Å². The Morgan fingerprint density at radius 3 is 3.07 bits per heavy atom. The fourth-order valence-electron chi connectivity index (χ4n) is 1.17. The van der Waals surface area contributed by atoms with Crippen LogP contribution in [0.2, 0.25) is 0 Å². The van der Waals surface area contributed by atoms with Crippen LogP contribution in [0.25, 0.3) is 9.40 Å². The summed E-state index contributed by atoms with van der Waals surface area (Å²) in [5.74, 6) is 0.652. The minimum Gasteiger partial charge on any atom is -0.351 e. The predicted molar refractivity (Wildman–Crippen MR) is 73.6 cm³/mol. The van der Waals surface area contributed by atoms with Crippen molar-refractivity contribution >= 4 is 66.5 Å². The second-order valence-corrected chi connectivity index (χ2v) is 6.13. The monoisotopic (exact) mass is 321 g/mol. The predicted octanol–water partition coefficient (Wildman–Crippen LogP) is 3.38. The van der Waals surface area contributed by atoms with Crippen molar-refractivity contribution in [3.05, 3.63) is 20.8 Å². The Morgan fingerprint density at radius 2 is 2.40 bits per heavy atom. The van der Waals surface area contributed by atoms with Crippen molar-refractivity contribution < 1.29 is 4.79 Å². The number of nitrogens with one attached hydrogen (secondary N) is 1. The number of rotatable bonds is 3. The summed E-state index contributed by atoms with van der Waals surface area (Å²) in [4.78, 5) is 12.4. The van der Waals surface area contributed by atoms with Crippen LogP contribution in [0.5, 0.6) is 0 Å². The topological polar surface area (TPSA) is 29.1 Å². The molecule has 1 amide bonds. The van der Waals surface area contributed by atoms with Gasteiger partial charge in [-0.15, -0.1) is 22.7 Å². The van der Waals surface area contributed by atoms with Crippen LogP contribution in [-0.4, -0.2) is 18.2 Å². The highest BCUT2D eigenvalue weighted by molar-refractivity contribution is 9.10. The molecule has 2 rings (SSSR count). The first-order valence-corrected chi connectivity index (χ1v) is 7.40. The zero-order valence-electron chi connectivity index (χ0n) is 7.62. The first-order valence-electron chi connectivity index (χ1n) is 4.28. The first-order chi connectivity index (χ1) is 7.22. The van der Waals surface area contributed by atoms with Crippen LogP contribution in [0.4, 0.5) is 0 Å². The highest BCUT2D eigenvalue weighted by Gasteiger charge is 2.12. The van der Waals surface area contributed by atoms with E-state index < -0.39 is 0 Å². The van der Waals surface area contributed by atoms with Gasteiger partial charge in [0.1, 0.15) is 0 Å². The minimum absolute atomic E-state index is 0.00986. The molecule has 1 N–H and O–H groups in total. The molecule has 0 aliphatic heterocycles. The van der Waals surface area contributed by atoms with Crippen LogP contribution in [0.1, 0.15) is 9.67 Å². The summed E-state index contributed by atoms with van der Waals surface area (Å²) in [6.45, 7) is 0.606. The molecule has 0 aromatic carbocycles. The molecule has 2 nitrogen and oxygen atoms in total. The number of thiol groups is 1. The van der Waals surface area contributed by atoms with Gasteiger partial charge >= 0.3 is 0 Å². The third kappa shape index (κ3) is 2.38. The van der Waals surface area contributed by atoms with Crippen molar-refractivity contribution in [3.8, 4) is 0 Å². The average molecular weight is 322 g/mol. The standard InChI is InChI=1S/C9H8BrNOS3/c10-5-4-14-6-3-7(15-8(5)6)9(12)11-1-2-13/h3-4,13H,1-2H2,(H,11,12). The van der Waals surface area contributed by atoms with Crippen molar-refractivity contribution in [1.82, 2.24) is 5.32 Å². The Labute approximate surface area is 109 Å². The van der Waals surface area contributed by atoms with E-state index in [0.717, 1.165) is 18.7 Å². The Morgan fingerprint density at radius 1 is 1.60 bits per heavy atom. The van der Waals surface area contributed by atoms with Gasteiger partial charge in [-0.05, 0) is 22.0 Å². The number of amides is 1. The maximum absolute atomic E-state index is 11.6. The van der Waals surface area contributed by atoms with E-state index in [1.54, 1.807) is 11.3 Å². The summed E-state index contributed by atoms with van der Waals surface area (Å²) in [7, 11) is 0. The van der Waals surface area contributed by atoms with E-state index in [4.69, 9.17) is 0 Å². The molecule has 0 aliphatic carbocycles. The van der Waals surface area contributed by atoms with Crippen molar-refractivity contribution in [3.63, 3.8) is 0 Å². The SMILES string of the molecule is O=C(NCCS)c1cc2scc(Br)c2s1. The molecule has 0 aliphatic rings. The summed E-state index contributed by atoms with van der Waals surface area (Å²) in [6.07, 6.45) is 0. The Bertz CT molecular complexity index is 490. The summed E-state index contributed by atoms with van der Waals surface area (Å²) < 4.78 is 3.37. The highest BCUT2D eigenvalue weighted by Crippen LogP contribution is 2.36. The van der Waals surface area contributed by atoms with Crippen LogP contribution in [-0.2, 0) is 0 Å². The lowest BCUT2D eigenvalue weighted by Crippen LogP contribution is -2.24. The van der Waals surface area contributed by atoms with E-state index in [9.17, 15) is 4.79 Å². The van der Waals surface area contributed by atoms with Gasteiger partial charge in [0.05, 0.1) is 9.58 Å². The van der Waals surface area contributed by atoms with Gasteiger partial charge in [0, 0.05) is 26.9 Å². The highest BCUT2D eigenvalue weighted by atomic mass is 79.9. The maximum atomic E-state index is 11.6. The second-order valence-electron chi connectivity index (χ2n) is 2.87. The molecule has 2 heterocycles. The lowest BCUT2D eigenvalue weighted by Gasteiger charge is -1.98. The van der Waals surface area contributed by atoms with Crippen molar-refractivity contribution in [2.24, 2.45) is 0 Å². The lowest BCUT2D eigenvalue weighted by atomic mass is 10.4. The van der Waals surface area contributed by atoms with Gasteiger partial charge in [0.2, 0.25) is 0 Å². The molecule has 6 heteroatoms. The van der Waals surface area contributed by atoms with Crippen molar-refractivity contribution in [2.75, 3.05) is 12.3 Å². The fourth-order valence-corrected chi connectivity index (χ4v) is 4.19. The summed E-state index contributed by atoms with van der Waals surface area (Å²) in [5, 5.41) is 4.84. The van der Waals surface area contributed by atoms with Crippen LogP contribution in [0, 0.1) is 0 Å². The molecule has 0 radical (unpaired) electrons. The van der Waals surface area contributed by atoms with Gasteiger partial charge in [-0.1, -0.05) is 0 Å². The van der Waals surface area contributed by atoms with Crippen molar-refractivity contribution in [2.45, 2.75) is 0 Å². The molecule has 0 unspecified atom stereocenters. The molecule has 2 aromatic rings. The quantitative estimate of drug-likeness (QED) is 0.834. The number of hydrogen-bond donors (Lipinski definition) is 2. The number of carbonyl (C=O) groups is 1. The number of halogens is 1. The van der Waals surface area contributed by atoms with Crippen LogP contribution < -0.4 is 5.32 Å².